The number of hydrogen-bond acceptors (Lipinski definition) is 1. The van der Waals surface area contributed by atoms with E-state index in [1.54, 1.807) is 0 Å². The largest absolute Gasteiger partial charge is 0.356 e. The molecule has 1 heterocycles. The van der Waals surface area contributed by atoms with Crippen LogP contribution < -0.4 is 5.32 Å². The molecule has 70 valence electrons. The molecule has 2 nitrogen and oxygen atoms in total. The molecule has 0 saturated carbocycles. The first-order valence-electron chi connectivity index (χ1n) is 4.94. The maximum Gasteiger partial charge on any atom is 0.223 e. The van der Waals surface area contributed by atoms with Gasteiger partial charge in [0.05, 0.1) is 0 Å². The lowest BCUT2D eigenvalue weighted by Gasteiger charge is -2.22. The molecule has 0 spiro atoms. The molecule has 3 atom stereocenters. The zero-order valence-corrected chi connectivity index (χ0v) is 8.26. The summed E-state index contributed by atoms with van der Waals surface area (Å²) in [6.45, 7) is 7.50. The monoisotopic (exact) mass is 169 g/mol. The topological polar surface area (TPSA) is 29.1 Å². The second-order valence-electron chi connectivity index (χ2n) is 3.93. The van der Waals surface area contributed by atoms with E-state index in [1.165, 1.54) is 6.42 Å². The van der Waals surface area contributed by atoms with Crippen LogP contribution in [0.2, 0.25) is 0 Å². The molecule has 12 heavy (non-hydrogen) atoms. The maximum atomic E-state index is 11.3. The first-order chi connectivity index (χ1) is 5.66. The molecule has 1 saturated heterocycles. The molecule has 0 aromatic carbocycles. The normalized spacial score (nSPS) is 28.2. The van der Waals surface area contributed by atoms with Gasteiger partial charge < -0.3 is 5.32 Å². The highest BCUT2D eigenvalue weighted by Crippen LogP contribution is 2.27. The average molecular weight is 169 g/mol. The van der Waals surface area contributed by atoms with E-state index >= 15 is 0 Å². The van der Waals surface area contributed by atoms with Gasteiger partial charge in [0.15, 0.2) is 0 Å². The molecule has 1 rings (SSSR count). The molecule has 0 radical (unpaired) electrons. The van der Waals surface area contributed by atoms with Gasteiger partial charge >= 0.3 is 0 Å². The van der Waals surface area contributed by atoms with Gasteiger partial charge in [-0.25, -0.2) is 0 Å². The number of carbonyl (C=O) groups is 1. The van der Waals surface area contributed by atoms with Gasteiger partial charge in [0.2, 0.25) is 5.91 Å². The first kappa shape index (κ1) is 9.56. The maximum absolute atomic E-state index is 11.3. The van der Waals surface area contributed by atoms with Crippen molar-refractivity contribution in [3.8, 4) is 0 Å². The fourth-order valence-electron chi connectivity index (χ4n) is 1.88. The molecule has 0 aromatic heterocycles. The van der Waals surface area contributed by atoms with Gasteiger partial charge in [-0.2, -0.15) is 0 Å². The predicted molar refractivity (Wildman–Crippen MR) is 49.7 cm³/mol. The van der Waals surface area contributed by atoms with E-state index in [0.717, 1.165) is 13.0 Å². The molecular formula is C10H19NO. The van der Waals surface area contributed by atoms with Crippen molar-refractivity contribution < 1.29 is 4.79 Å². The lowest BCUT2D eigenvalue weighted by molar-refractivity contribution is -0.124. The minimum atomic E-state index is 0.266. The molecule has 1 aliphatic rings. The summed E-state index contributed by atoms with van der Waals surface area (Å²) in [4.78, 5) is 11.3. The van der Waals surface area contributed by atoms with Crippen LogP contribution in [0.15, 0.2) is 0 Å². The van der Waals surface area contributed by atoms with Crippen molar-refractivity contribution in [3.63, 3.8) is 0 Å². The van der Waals surface area contributed by atoms with Crippen LogP contribution in [0.25, 0.3) is 0 Å². The fourth-order valence-corrected chi connectivity index (χ4v) is 1.88. The Hall–Kier alpha value is -0.530. The van der Waals surface area contributed by atoms with Crippen LogP contribution >= 0.6 is 0 Å². The van der Waals surface area contributed by atoms with Gasteiger partial charge in [0.25, 0.3) is 0 Å². The Morgan fingerprint density at radius 1 is 1.58 bits per heavy atom. The third-order valence-electron chi connectivity index (χ3n) is 3.27. The zero-order chi connectivity index (χ0) is 9.14. The van der Waals surface area contributed by atoms with Gasteiger partial charge in [-0.15, -0.1) is 0 Å². The molecule has 1 fully saturated rings. The highest BCUT2D eigenvalue weighted by molar-refractivity contribution is 5.80. The van der Waals surface area contributed by atoms with Crippen molar-refractivity contribution >= 4 is 5.91 Å². The van der Waals surface area contributed by atoms with E-state index in [2.05, 4.69) is 26.1 Å². The number of carbonyl (C=O) groups excluding carboxylic acids is 1. The Bertz CT molecular complexity index is 167. The fraction of sp³-hybridized carbons (Fsp3) is 0.900. The van der Waals surface area contributed by atoms with Crippen LogP contribution in [0.3, 0.4) is 0 Å². The standard InChI is InChI=1S/C10H19NO/c1-4-7(2)8(3)9-5-6-11-10(9)12/h7-9H,4-6H2,1-3H3,(H,11,12). The molecule has 3 unspecified atom stereocenters. The van der Waals surface area contributed by atoms with Crippen LogP contribution in [-0.2, 0) is 4.79 Å². The van der Waals surface area contributed by atoms with Crippen molar-refractivity contribution in [2.24, 2.45) is 17.8 Å². The summed E-state index contributed by atoms with van der Waals surface area (Å²) < 4.78 is 0. The third-order valence-corrected chi connectivity index (χ3v) is 3.27. The minimum Gasteiger partial charge on any atom is -0.356 e. The van der Waals surface area contributed by atoms with Crippen LogP contribution in [0.5, 0.6) is 0 Å². The van der Waals surface area contributed by atoms with E-state index in [1.807, 2.05) is 0 Å². The van der Waals surface area contributed by atoms with Gasteiger partial charge in [0, 0.05) is 12.5 Å². The van der Waals surface area contributed by atoms with Crippen LogP contribution in [-0.4, -0.2) is 12.5 Å². The van der Waals surface area contributed by atoms with Crippen LogP contribution in [0, 0.1) is 17.8 Å². The van der Waals surface area contributed by atoms with E-state index in [-0.39, 0.29) is 11.8 Å². The zero-order valence-electron chi connectivity index (χ0n) is 8.26. The molecule has 0 aromatic rings. The van der Waals surface area contributed by atoms with Gasteiger partial charge in [-0.05, 0) is 18.3 Å². The predicted octanol–water partition coefficient (Wildman–Crippen LogP) is 1.80. The van der Waals surface area contributed by atoms with E-state index in [4.69, 9.17) is 0 Å². The number of rotatable bonds is 3. The summed E-state index contributed by atoms with van der Waals surface area (Å²) in [7, 11) is 0. The number of amides is 1. The summed E-state index contributed by atoms with van der Waals surface area (Å²) in [5, 5.41) is 2.89. The quantitative estimate of drug-likeness (QED) is 0.686. The number of nitrogens with one attached hydrogen (secondary N) is 1. The third kappa shape index (κ3) is 1.79. The highest BCUT2D eigenvalue weighted by Gasteiger charge is 2.31. The molecule has 2 heteroatoms. The van der Waals surface area contributed by atoms with E-state index < -0.39 is 0 Å². The number of hydrogen-bond donors (Lipinski definition) is 1. The molecule has 0 aliphatic carbocycles. The average Bonchev–Trinajstić information content (AvgIpc) is 2.48. The highest BCUT2D eigenvalue weighted by atomic mass is 16.2. The van der Waals surface area contributed by atoms with E-state index in [9.17, 15) is 4.79 Å². The Morgan fingerprint density at radius 2 is 2.25 bits per heavy atom. The molecular weight excluding hydrogens is 150 g/mol. The van der Waals surface area contributed by atoms with Crippen LogP contribution in [0.1, 0.15) is 33.6 Å². The van der Waals surface area contributed by atoms with Crippen molar-refractivity contribution in [1.29, 1.82) is 0 Å². The summed E-state index contributed by atoms with van der Waals surface area (Å²) in [5.74, 6) is 1.75. The summed E-state index contributed by atoms with van der Waals surface area (Å²) in [5.41, 5.74) is 0. The molecule has 1 amide bonds. The van der Waals surface area contributed by atoms with Crippen LogP contribution in [0.4, 0.5) is 0 Å². The molecule has 1 aliphatic heterocycles. The summed E-state index contributed by atoms with van der Waals surface area (Å²) in [6, 6.07) is 0. The summed E-state index contributed by atoms with van der Waals surface area (Å²) >= 11 is 0. The Labute approximate surface area is 74.7 Å². The van der Waals surface area contributed by atoms with Gasteiger partial charge in [-0.1, -0.05) is 27.2 Å². The summed E-state index contributed by atoms with van der Waals surface area (Å²) in [6.07, 6.45) is 2.20. The Kier molecular flexibility index (Phi) is 3.12. The minimum absolute atomic E-state index is 0.266. The molecule has 0 bridgehead atoms. The van der Waals surface area contributed by atoms with Gasteiger partial charge in [-0.3, -0.25) is 4.79 Å². The van der Waals surface area contributed by atoms with Gasteiger partial charge in [0.1, 0.15) is 0 Å². The lowest BCUT2D eigenvalue weighted by Crippen LogP contribution is -2.26. The smallest absolute Gasteiger partial charge is 0.223 e. The second-order valence-corrected chi connectivity index (χ2v) is 3.93. The first-order valence-corrected chi connectivity index (χ1v) is 4.94. The van der Waals surface area contributed by atoms with Crippen molar-refractivity contribution in [1.82, 2.24) is 5.32 Å². The second kappa shape index (κ2) is 3.92. The SMILES string of the molecule is CCC(C)C(C)C1CCNC1=O. The van der Waals surface area contributed by atoms with Crippen molar-refractivity contribution in [2.45, 2.75) is 33.6 Å². The Balaban J connectivity index is 2.51. The van der Waals surface area contributed by atoms with Crippen molar-refractivity contribution in [2.75, 3.05) is 6.54 Å². The lowest BCUT2D eigenvalue weighted by atomic mass is 9.82. The van der Waals surface area contributed by atoms with Crippen molar-refractivity contribution in [3.05, 3.63) is 0 Å². The molecule has 1 N–H and O–H groups in total. The Morgan fingerprint density at radius 3 is 2.67 bits per heavy atom. The van der Waals surface area contributed by atoms with E-state index in [0.29, 0.717) is 11.8 Å².